The molecule has 0 saturated heterocycles. The van der Waals surface area contributed by atoms with Crippen LogP contribution in [0.2, 0.25) is 5.02 Å². The molecule has 0 bridgehead atoms. The van der Waals surface area contributed by atoms with Crippen LogP contribution in [0.4, 0.5) is 5.82 Å². The van der Waals surface area contributed by atoms with Crippen molar-refractivity contribution in [1.82, 2.24) is 4.98 Å². The summed E-state index contributed by atoms with van der Waals surface area (Å²) in [6.45, 7) is 0. The van der Waals surface area contributed by atoms with E-state index in [1.807, 2.05) is 0 Å². The lowest BCUT2D eigenvalue weighted by Crippen LogP contribution is -2.03. The zero-order valence-corrected chi connectivity index (χ0v) is 9.48. The summed E-state index contributed by atoms with van der Waals surface area (Å²) in [7, 11) is 0. The van der Waals surface area contributed by atoms with Crippen molar-refractivity contribution in [3.8, 4) is 11.1 Å². The summed E-state index contributed by atoms with van der Waals surface area (Å²) in [5.41, 5.74) is 7.18. The predicted octanol–water partition coefficient (Wildman–Crippen LogP) is 2.68. The molecule has 86 valence electrons. The molecular weight excluding hydrogens is 240 g/mol. The van der Waals surface area contributed by atoms with Gasteiger partial charge < -0.3 is 10.8 Å². The van der Waals surface area contributed by atoms with Crippen molar-refractivity contribution >= 4 is 23.4 Å². The van der Waals surface area contributed by atoms with Gasteiger partial charge in [-0.05, 0) is 29.8 Å². The second kappa shape index (κ2) is 4.43. The molecule has 0 aliphatic carbocycles. The molecule has 1 aromatic heterocycles. The van der Waals surface area contributed by atoms with Gasteiger partial charge in [0.15, 0.2) is 5.69 Å². The number of hydrogen-bond acceptors (Lipinski definition) is 3. The highest BCUT2D eigenvalue weighted by molar-refractivity contribution is 6.30. The number of halogens is 1. The quantitative estimate of drug-likeness (QED) is 0.857. The molecule has 0 aliphatic rings. The van der Waals surface area contributed by atoms with Gasteiger partial charge >= 0.3 is 5.97 Å². The number of aromatic carboxylic acids is 1. The molecule has 3 N–H and O–H groups in total. The number of carboxylic acid groups (broad SMARTS) is 1. The number of carboxylic acids is 1. The fraction of sp³-hybridized carbons (Fsp3) is 0. The molecule has 17 heavy (non-hydrogen) atoms. The maximum absolute atomic E-state index is 10.7. The Morgan fingerprint density at radius 2 is 1.82 bits per heavy atom. The maximum Gasteiger partial charge on any atom is 0.354 e. The lowest BCUT2D eigenvalue weighted by Gasteiger charge is -2.05. The molecule has 0 atom stereocenters. The van der Waals surface area contributed by atoms with Gasteiger partial charge in [-0.1, -0.05) is 23.7 Å². The Hall–Kier alpha value is -2.07. The average Bonchev–Trinajstić information content (AvgIpc) is 2.30. The van der Waals surface area contributed by atoms with Gasteiger partial charge in [-0.2, -0.15) is 0 Å². The molecule has 0 spiro atoms. The van der Waals surface area contributed by atoms with Crippen LogP contribution in [0.5, 0.6) is 0 Å². The third kappa shape index (κ3) is 2.37. The Morgan fingerprint density at radius 3 is 2.35 bits per heavy atom. The highest BCUT2D eigenvalue weighted by Gasteiger charge is 2.09. The minimum Gasteiger partial charge on any atom is -0.477 e. The van der Waals surface area contributed by atoms with Gasteiger partial charge in [0, 0.05) is 10.6 Å². The van der Waals surface area contributed by atoms with E-state index in [0.29, 0.717) is 10.6 Å². The molecule has 0 saturated carbocycles. The molecule has 2 aromatic rings. The first-order valence-corrected chi connectivity index (χ1v) is 5.21. The number of hydrogen-bond donors (Lipinski definition) is 2. The molecule has 0 unspecified atom stereocenters. The second-order valence-electron chi connectivity index (χ2n) is 3.44. The van der Waals surface area contributed by atoms with E-state index in [0.717, 1.165) is 5.56 Å². The standard InChI is InChI=1S/C12H9ClN2O2/c13-8-3-1-7(2-4-8)9-5-6-10(12(16)17)15-11(9)14/h1-6H,(H2,14,15)(H,16,17). The fourth-order valence-corrected chi connectivity index (χ4v) is 1.59. The third-order valence-corrected chi connectivity index (χ3v) is 2.55. The van der Waals surface area contributed by atoms with E-state index in [2.05, 4.69) is 4.98 Å². The van der Waals surface area contributed by atoms with Crippen molar-refractivity contribution in [2.75, 3.05) is 5.73 Å². The van der Waals surface area contributed by atoms with Gasteiger partial charge in [0.05, 0.1) is 0 Å². The van der Waals surface area contributed by atoms with Crippen molar-refractivity contribution in [3.05, 3.63) is 47.1 Å². The Balaban J connectivity index is 2.46. The van der Waals surface area contributed by atoms with Crippen LogP contribution in [0.1, 0.15) is 10.5 Å². The molecule has 1 aromatic carbocycles. The molecule has 1 heterocycles. The van der Waals surface area contributed by atoms with Gasteiger partial charge in [-0.25, -0.2) is 9.78 Å². The average molecular weight is 249 g/mol. The second-order valence-corrected chi connectivity index (χ2v) is 3.88. The van der Waals surface area contributed by atoms with Crippen molar-refractivity contribution in [1.29, 1.82) is 0 Å². The smallest absolute Gasteiger partial charge is 0.354 e. The highest BCUT2D eigenvalue weighted by atomic mass is 35.5. The summed E-state index contributed by atoms with van der Waals surface area (Å²) in [6.07, 6.45) is 0. The lowest BCUT2D eigenvalue weighted by molar-refractivity contribution is 0.0690. The van der Waals surface area contributed by atoms with E-state index in [1.54, 1.807) is 30.3 Å². The summed E-state index contributed by atoms with van der Waals surface area (Å²) in [5.74, 6) is -0.911. The predicted molar refractivity (Wildman–Crippen MR) is 66.1 cm³/mol. The van der Waals surface area contributed by atoms with E-state index in [4.69, 9.17) is 22.4 Å². The van der Waals surface area contributed by atoms with E-state index in [1.165, 1.54) is 6.07 Å². The topological polar surface area (TPSA) is 76.2 Å². The van der Waals surface area contributed by atoms with Crippen LogP contribution in [0, 0.1) is 0 Å². The van der Waals surface area contributed by atoms with E-state index >= 15 is 0 Å². The fourth-order valence-electron chi connectivity index (χ4n) is 1.47. The Bertz CT molecular complexity index is 567. The lowest BCUT2D eigenvalue weighted by atomic mass is 10.1. The van der Waals surface area contributed by atoms with Crippen molar-refractivity contribution in [2.45, 2.75) is 0 Å². The molecular formula is C12H9ClN2O2. The van der Waals surface area contributed by atoms with Crippen LogP contribution in [0.3, 0.4) is 0 Å². The normalized spacial score (nSPS) is 10.2. The van der Waals surface area contributed by atoms with Gasteiger partial charge in [0.1, 0.15) is 5.82 Å². The van der Waals surface area contributed by atoms with Crippen LogP contribution in [-0.2, 0) is 0 Å². The van der Waals surface area contributed by atoms with Gasteiger partial charge in [-0.15, -0.1) is 0 Å². The van der Waals surface area contributed by atoms with Crippen molar-refractivity contribution in [3.63, 3.8) is 0 Å². The van der Waals surface area contributed by atoms with Crippen molar-refractivity contribution in [2.24, 2.45) is 0 Å². The zero-order valence-electron chi connectivity index (χ0n) is 8.72. The summed E-state index contributed by atoms with van der Waals surface area (Å²) >= 11 is 5.78. The highest BCUT2D eigenvalue weighted by Crippen LogP contribution is 2.25. The molecule has 4 nitrogen and oxygen atoms in total. The Morgan fingerprint density at radius 1 is 1.18 bits per heavy atom. The number of nitrogen functional groups attached to an aromatic ring is 1. The van der Waals surface area contributed by atoms with Gasteiger partial charge in [0.2, 0.25) is 0 Å². The number of anilines is 1. The van der Waals surface area contributed by atoms with Crippen LogP contribution in [-0.4, -0.2) is 16.1 Å². The Labute approximate surface area is 103 Å². The molecule has 0 radical (unpaired) electrons. The number of nitrogens with two attached hydrogens (primary N) is 1. The number of nitrogens with zero attached hydrogens (tertiary/aromatic N) is 1. The number of aromatic nitrogens is 1. The summed E-state index contributed by atoms with van der Waals surface area (Å²) < 4.78 is 0. The summed E-state index contributed by atoms with van der Waals surface area (Å²) in [6, 6.07) is 10.1. The number of benzene rings is 1. The largest absolute Gasteiger partial charge is 0.477 e. The molecule has 0 fully saturated rings. The Kier molecular flexibility index (Phi) is 2.97. The van der Waals surface area contributed by atoms with E-state index in [-0.39, 0.29) is 11.5 Å². The molecule has 0 aliphatic heterocycles. The third-order valence-electron chi connectivity index (χ3n) is 2.30. The summed E-state index contributed by atoms with van der Waals surface area (Å²) in [4.78, 5) is 14.5. The summed E-state index contributed by atoms with van der Waals surface area (Å²) in [5, 5.41) is 9.40. The van der Waals surface area contributed by atoms with E-state index in [9.17, 15) is 4.79 Å². The molecule has 2 rings (SSSR count). The SMILES string of the molecule is Nc1nc(C(=O)O)ccc1-c1ccc(Cl)cc1. The maximum atomic E-state index is 10.7. The van der Waals surface area contributed by atoms with Crippen LogP contribution in [0.15, 0.2) is 36.4 Å². The van der Waals surface area contributed by atoms with Gasteiger partial charge in [-0.3, -0.25) is 0 Å². The first-order chi connectivity index (χ1) is 8.08. The van der Waals surface area contributed by atoms with Crippen LogP contribution >= 0.6 is 11.6 Å². The minimum absolute atomic E-state index is 0.0692. The van der Waals surface area contributed by atoms with Crippen LogP contribution < -0.4 is 5.73 Å². The molecule has 5 heteroatoms. The number of carbonyl (C=O) groups is 1. The first-order valence-electron chi connectivity index (χ1n) is 4.83. The van der Waals surface area contributed by atoms with Gasteiger partial charge in [0.25, 0.3) is 0 Å². The monoisotopic (exact) mass is 248 g/mol. The number of rotatable bonds is 2. The van der Waals surface area contributed by atoms with E-state index < -0.39 is 5.97 Å². The minimum atomic E-state index is -1.10. The van der Waals surface area contributed by atoms with Crippen LogP contribution in [0.25, 0.3) is 11.1 Å². The first kappa shape index (κ1) is 11.4. The van der Waals surface area contributed by atoms with Crippen molar-refractivity contribution < 1.29 is 9.90 Å². The molecule has 0 amide bonds. The zero-order chi connectivity index (χ0) is 12.4. The number of pyridine rings is 1.